The molecule has 1 rings (SSSR count). The highest BCUT2D eigenvalue weighted by Gasteiger charge is 2.15. The summed E-state index contributed by atoms with van der Waals surface area (Å²) in [5, 5.41) is 34.0. The van der Waals surface area contributed by atoms with Gasteiger partial charge in [-0.2, -0.15) is 0 Å². The maximum absolute atomic E-state index is 10.3. The van der Waals surface area contributed by atoms with Gasteiger partial charge in [-0.25, -0.2) is 4.79 Å². The number of carbonyl (C=O) groups is 1. The number of aliphatic carboxylic acids is 1. The molecule has 0 aromatic carbocycles. The number of aromatic nitrogens is 3. The summed E-state index contributed by atoms with van der Waals surface area (Å²) in [7, 11) is 0. The van der Waals surface area contributed by atoms with Gasteiger partial charge in [0.05, 0.1) is 0 Å². The van der Waals surface area contributed by atoms with Crippen molar-refractivity contribution in [2.24, 2.45) is 0 Å². The summed E-state index contributed by atoms with van der Waals surface area (Å²) in [6, 6.07) is 0. The first-order chi connectivity index (χ1) is 7.02. The molecule has 3 N–H and O–H groups in total. The monoisotopic (exact) mass is 215 g/mol. The normalized spacial score (nSPS) is 14.9. The number of carboxylic acids is 1. The van der Waals surface area contributed by atoms with Crippen molar-refractivity contribution in [1.29, 1.82) is 0 Å². The highest BCUT2D eigenvalue weighted by atomic mass is 16.4. The predicted molar refractivity (Wildman–Crippen MR) is 48.9 cm³/mol. The summed E-state index contributed by atoms with van der Waals surface area (Å²) in [6.07, 6.45) is -0.743. The Bertz CT molecular complexity index is 336. The zero-order chi connectivity index (χ0) is 11.4. The van der Waals surface area contributed by atoms with Crippen LogP contribution in [-0.2, 0) is 11.3 Å². The smallest absolute Gasteiger partial charge is 0.332 e. The summed E-state index contributed by atoms with van der Waals surface area (Å²) in [6.45, 7) is 1.79. The van der Waals surface area contributed by atoms with Gasteiger partial charge in [0.1, 0.15) is 12.4 Å². The zero-order valence-corrected chi connectivity index (χ0v) is 8.24. The van der Waals surface area contributed by atoms with E-state index in [9.17, 15) is 9.90 Å². The second kappa shape index (κ2) is 4.85. The fraction of sp³-hybridized carbons (Fsp3) is 0.625. The molecule has 2 atom stereocenters. The average molecular weight is 215 g/mol. The number of aliphatic hydroxyl groups is 2. The molecule has 1 heterocycles. The van der Waals surface area contributed by atoms with E-state index in [0.717, 1.165) is 0 Å². The molecule has 1 aromatic rings. The number of aryl methyl sites for hydroxylation is 1. The lowest BCUT2D eigenvalue weighted by Gasteiger charge is -2.09. The Hall–Kier alpha value is -1.47. The van der Waals surface area contributed by atoms with Crippen LogP contribution in [-0.4, -0.2) is 42.2 Å². The van der Waals surface area contributed by atoms with Crippen LogP contribution in [0.4, 0.5) is 0 Å². The third kappa shape index (κ3) is 3.00. The zero-order valence-electron chi connectivity index (χ0n) is 8.24. The van der Waals surface area contributed by atoms with E-state index in [-0.39, 0.29) is 13.0 Å². The number of hydrogen-bond donors (Lipinski definition) is 3. The minimum atomic E-state index is -1.41. The van der Waals surface area contributed by atoms with Crippen LogP contribution < -0.4 is 0 Å². The van der Waals surface area contributed by atoms with Gasteiger partial charge in [0.15, 0.2) is 11.9 Å². The average Bonchev–Trinajstić information content (AvgIpc) is 2.61. The molecule has 0 saturated carbocycles. The number of aliphatic hydroxyl groups excluding tert-OH is 2. The van der Waals surface area contributed by atoms with Crippen LogP contribution in [0.25, 0.3) is 0 Å². The van der Waals surface area contributed by atoms with Crippen LogP contribution in [0.5, 0.6) is 0 Å². The number of hydrogen-bond acceptors (Lipinski definition) is 5. The van der Waals surface area contributed by atoms with E-state index in [1.807, 2.05) is 0 Å². The molecule has 0 aliphatic carbocycles. The molecular formula is C8H13N3O4. The quantitative estimate of drug-likeness (QED) is 0.591. The van der Waals surface area contributed by atoms with Gasteiger partial charge in [-0.1, -0.05) is 0 Å². The molecule has 0 saturated heterocycles. The van der Waals surface area contributed by atoms with Gasteiger partial charge >= 0.3 is 5.97 Å². The summed E-state index contributed by atoms with van der Waals surface area (Å²) >= 11 is 0. The molecule has 1 aromatic heterocycles. The third-order valence-electron chi connectivity index (χ3n) is 1.95. The lowest BCUT2D eigenvalue weighted by molar-refractivity contribution is -0.147. The molecule has 0 spiro atoms. The molecule has 0 aliphatic heterocycles. The van der Waals surface area contributed by atoms with Crippen molar-refractivity contribution in [2.75, 3.05) is 0 Å². The second-order valence-corrected chi connectivity index (χ2v) is 3.20. The number of nitrogens with zero attached hydrogens (tertiary/aromatic N) is 3. The van der Waals surface area contributed by atoms with Gasteiger partial charge in [0, 0.05) is 13.0 Å². The summed E-state index contributed by atoms with van der Waals surface area (Å²) in [5.74, 6) is -0.908. The molecule has 0 radical (unpaired) electrons. The van der Waals surface area contributed by atoms with Crippen molar-refractivity contribution < 1.29 is 20.1 Å². The topological polar surface area (TPSA) is 108 Å². The van der Waals surface area contributed by atoms with Gasteiger partial charge < -0.3 is 19.9 Å². The maximum atomic E-state index is 10.3. The summed E-state index contributed by atoms with van der Waals surface area (Å²) < 4.78 is 1.51. The van der Waals surface area contributed by atoms with E-state index in [1.54, 1.807) is 0 Å². The molecule has 2 unspecified atom stereocenters. The fourth-order valence-electron chi connectivity index (χ4n) is 1.14. The number of rotatable bonds is 5. The van der Waals surface area contributed by atoms with Crippen LogP contribution in [0.15, 0.2) is 6.33 Å². The molecule has 0 amide bonds. The van der Waals surface area contributed by atoms with E-state index < -0.39 is 18.2 Å². The van der Waals surface area contributed by atoms with Crippen molar-refractivity contribution in [3.8, 4) is 0 Å². The first-order valence-corrected chi connectivity index (χ1v) is 4.49. The fourth-order valence-corrected chi connectivity index (χ4v) is 1.14. The van der Waals surface area contributed by atoms with E-state index in [0.29, 0.717) is 5.82 Å². The predicted octanol–water partition coefficient (Wildman–Crippen LogP) is -0.833. The third-order valence-corrected chi connectivity index (χ3v) is 1.95. The Morgan fingerprint density at radius 1 is 1.60 bits per heavy atom. The lowest BCUT2D eigenvalue weighted by atomic mass is 10.2. The molecule has 84 valence electrons. The van der Waals surface area contributed by atoms with Gasteiger partial charge in [-0.15, -0.1) is 10.2 Å². The van der Waals surface area contributed by atoms with Gasteiger partial charge in [0.2, 0.25) is 0 Å². The molecule has 15 heavy (non-hydrogen) atoms. The highest BCUT2D eigenvalue weighted by molar-refractivity contribution is 5.71. The minimum Gasteiger partial charge on any atom is -0.479 e. The van der Waals surface area contributed by atoms with Gasteiger partial charge in [-0.3, -0.25) is 0 Å². The second-order valence-electron chi connectivity index (χ2n) is 3.20. The van der Waals surface area contributed by atoms with Crippen molar-refractivity contribution in [1.82, 2.24) is 14.8 Å². The lowest BCUT2D eigenvalue weighted by Crippen LogP contribution is -2.21. The minimum absolute atomic E-state index is 0.0487. The Labute approximate surface area is 86.0 Å². The standard InChI is InChI=1S/C8H13N3O4/c1-5(12)7-10-9-4-11(7)3-2-6(13)8(14)15/h4-6,12-13H,2-3H2,1H3,(H,14,15). The van der Waals surface area contributed by atoms with Gasteiger partial charge in [-0.05, 0) is 6.92 Å². The van der Waals surface area contributed by atoms with E-state index >= 15 is 0 Å². The van der Waals surface area contributed by atoms with Crippen LogP contribution in [0.1, 0.15) is 25.3 Å². The van der Waals surface area contributed by atoms with Crippen molar-refractivity contribution in [3.63, 3.8) is 0 Å². The maximum Gasteiger partial charge on any atom is 0.332 e. The largest absolute Gasteiger partial charge is 0.479 e. The molecular weight excluding hydrogens is 202 g/mol. The van der Waals surface area contributed by atoms with Crippen LogP contribution >= 0.6 is 0 Å². The molecule has 0 bridgehead atoms. The Morgan fingerprint density at radius 3 is 2.80 bits per heavy atom. The highest BCUT2D eigenvalue weighted by Crippen LogP contribution is 2.08. The van der Waals surface area contributed by atoms with Crippen molar-refractivity contribution in [3.05, 3.63) is 12.2 Å². The first kappa shape index (κ1) is 11.6. The SMILES string of the molecule is CC(O)c1nncn1CCC(O)C(=O)O. The van der Waals surface area contributed by atoms with Crippen molar-refractivity contribution in [2.45, 2.75) is 32.1 Å². The number of carboxylic acid groups (broad SMARTS) is 1. The molecule has 7 nitrogen and oxygen atoms in total. The Kier molecular flexibility index (Phi) is 3.75. The van der Waals surface area contributed by atoms with E-state index in [1.165, 1.54) is 17.8 Å². The molecule has 0 fully saturated rings. The van der Waals surface area contributed by atoms with Crippen LogP contribution in [0.3, 0.4) is 0 Å². The Balaban J connectivity index is 2.57. The first-order valence-electron chi connectivity index (χ1n) is 4.49. The van der Waals surface area contributed by atoms with Gasteiger partial charge in [0.25, 0.3) is 0 Å². The van der Waals surface area contributed by atoms with Crippen LogP contribution in [0, 0.1) is 0 Å². The Morgan fingerprint density at radius 2 is 2.27 bits per heavy atom. The molecule has 7 heteroatoms. The molecule has 0 aliphatic rings. The van der Waals surface area contributed by atoms with E-state index in [2.05, 4.69) is 10.2 Å². The van der Waals surface area contributed by atoms with E-state index in [4.69, 9.17) is 10.2 Å². The summed E-state index contributed by atoms with van der Waals surface area (Å²) in [5.41, 5.74) is 0. The van der Waals surface area contributed by atoms with Crippen molar-refractivity contribution >= 4 is 5.97 Å². The van der Waals surface area contributed by atoms with Crippen LogP contribution in [0.2, 0.25) is 0 Å². The summed E-state index contributed by atoms with van der Waals surface area (Å²) in [4.78, 5) is 10.3.